The van der Waals surface area contributed by atoms with Crippen molar-refractivity contribution in [3.8, 4) is 17.2 Å². The van der Waals surface area contributed by atoms with Gasteiger partial charge >= 0.3 is 0 Å². The van der Waals surface area contributed by atoms with E-state index >= 15 is 0 Å². The molecule has 7 heteroatoms. The van der Waals surface area contributed by atoms with Crippen LogP contribution < -0.4 is 14.2 Å². The van der Waals surface area contributed by atoms with E-state index in [2.05, 4.69) is 4.90 Å². The molecule has 0 bridgehead atoms. The van der Waals surface area contributed by atoms with Crippen LogP contribution in [0.25, 0.3) is 0 Å². The zero-order valence-electron chi connectivity index (χ0n) is 16.2. The smallest absolute Gasteiger partial charge is 0.289 e. The summed E-state index contributed by atoms with van der Waals surface area (Å²) in [5.41, 5.74) is 1.07. The second kappa shape index (κ2) is 8.56. The van der Waals surface area contributed by atoms with Crippen molar-refractivity contribution in [2.24, 2.45) is 0 Å². The predicted molar refractivity (Wildman–Crippen MR) is 103 cm³/mol. The average Bonchev–Trinajstić information content (AvgIpc) is 3.02. The van der Waals surface area contributed by atoms with Gasteiger partial charge in [-0.25, -0.2) is 0 Å². The maximum absolute atomic E-state index is 12.5. The lowest BCUT2D eigenvalue weighted by Crippen LogP contribution is -2.34. The third-order valence-electron chi connectivity index (χ3n) is 5.15. The molecule has 2 aromatic rings. The molecule has 1 saturated heterocycles. The number of hydrogen-bond donors (Lipinski definition) is 0. The summed E-state index contributed by atoms with van der Waals surface area (Å²) >= 11 is 0. The molecule has 0 aliphatic carbocycles. The summed E-state index contributed by atoms with van der Waals surface area (Å²) in [7, 11) is 1.68. The van der Waals surface area contributed by atoms with Crippen LogP contribution in [0.15, 0.2) is 34.9 Å². The summed E-state index contributed by atoms with van der Waals surface area (Å²) in [6.45, 7) is 5.17. The predicted octanol–water partition coefficient (Wildman–Crippen LogP) is 2.80. The van der Waals surface area contributed by atoms with E-state index < -0.39 is 0 Å². The molecule has 1 aromatic heterocycles. The molecule has 0 spiro atoms. The molecular weight excluding hydrogens is 360 g/mol. The number of carbonyl (C=O) groups is 1. The molecule has 0 saturated carbocycles. The number of methoxy groups -OCH3 is 1. The molecule has 4 rings (SSSR count). The van der Waals surface area contributed by atoms with Crippen molar-refractivity contribution in [1.82, 2.24) is 9.80 Å². The second-order valence-corrected chi connectivity index (χ2v) is 7.06. The maximum Gasteiger partial charge on any atom is 0.289 e. The van der Waals surface area contributed by atoms with Crippen molar-refractivity contribution in [3.05, 3.63) is 41.9 Å². The minimum absolute atomic E-state index is 0.0417. The van der Waals surface area contributed by atoms with Gasteiger partial charge in [0.15, 0.2) is 17.3 Å². The zero-order chi connectivity index (χ0) is 19.3. The van der Waals surface area contributed by atoms with Gasteiger partial charge in [0.2, 0.25) is 0 Å². The van der Waals surface area contributed by atoms with E-state index in [-0.39, 0.29) is 5.91 Å². The summed E-state index contributed by atoms with van der Waals surface area (Å²) in [5.74, 6) is 2.68. The number of ether oxygens (including phenoxy) is 3. The van der Waals surface area contributed by atoms with E-state index in [1.54, 1.807) is 19.2 Å². The first-order chi connectivity index (χ1) is 13.7. The van der Waals surface area contributed by atoms with Gasteiger partial charge in [0, 0.05) is 50.8 Å². The highest BCUT2D eigenvalue weighted by Gasteiger charge is 2.23. The lowest BCUT2D eigenvalue weighted by atomic mass is 10.1. The summed E-state index contributed by atoms with van der Waals surface area (Å²) in [6, 6.07) is 7.40. The van der Waals surface area contributed by atoms with Gasteiger partial charge in [-0.3, -0.25) is 9.69 Å². The number of rotatable bonds is 4. The number of amides is 1. The number of carbonyl (C=O) groups excluding carboxylic acids is 1. The van der Waals surface area contributed by atoms with Gasteiger partial charge in [-0.2, -0.15) is 0 Å². The van der Waals surface area contributed by atoms with Crippen LogP contribution in [0.2, 0.25) is 0 Å². The molecule has 1 fully saturated rings. The van der Waals surface area contributed by atoms with Crippen LogP contribution in [0, 0.1) is 0 Å². The Morgan fingerprint density at radius 2 is 1.89 bits per heavy atom. The van der Waals surface area contributed by atoms with E-state index in [9.17, 15) is 4.79 Å². The van der Waals surface area contributed by atoms with Crippen LogP contribution in [-0.4, -0.2) is 62.2 Å². The lowest BCUT2D eigenvalue weighted by Gasteiger charge is -2.23. The minimum atomic E-state index is -0.0417. The third kappa shape index (κ3) is 4.09. The first-order valence-corrected chi connectivity index (χ1v) is 9.76. The molecule has 0 atom stereocenters. The highest BCUT2D eigenvalue weighted by molar-refractivity contribution is 5.91. The molecule has 1 amide bonds. The van der Waals surface area contributed by atoms with Crippen LogP contribution in [0.3, 0.4) is 0 Å². The van der Waals surface area contributed by atoms with Crippen LogP contribution >= 0.6 is 0 Å². The Hall–Kier alpha value is -2.67. The Balaban J connectivity index is 1.44. The van der Waals surface area contributed by atoms with E-state index in [0.717, 1.165) is 61.8 Å². The molecule has 7 nitrogen and oxygen atoms in total. The highest BCUT2D eigenvalue weighted by atomic mass is 16.5. The molecular formula is C21H26N2O5. The van der Waals surface area contributed by atoms with Crippen LogP contribution in [-0.2, 0) is 6.54 Å². The Labute approximate surface area is 164 Å². The average molecular weight is 386 g/mol. The van der Waals surface area contributed by atoms with E-state index in [0.29, 0.717) is 25.5 Å². The number of fused-ring (bicyclic) bond motifs is 1. The quantitative estimate of drug-likeness (QED) is 0.805. The molecule has 0 radical (unpaired) electrons. The lowest BCUT2D eigenvalue weighted by molar-refractivity contribution is 0.0729. The van der Waals surface area contributed by atoms with Crippen molar-refractivity contribution in [3.63, 3.8) is 0 Å². The van der Waals surface area contributed by atoms with Crippen LogP contribution in [0.5, 0.6) is 17.2 Å². The van der Waals surface area contributed by atoms with Gasteiger partial charge in [0.1, 0.15) is 5.75 Å². The second-order valence-electron chi connectivity index (χ2n) is 7.06. The van der Waals surface area contributed by atoms with E-state index in [4.69, 9.17) is 18.6 Å². The van der Waals surface area contributed by atoms with Crippen molar-refractivity contribution in [1.29, 1.82) is 0 Å². The van der Waals surface area contributed by atoms with Gasteiger partial charge < -0.3 is 23.5 Å². The Morgan fingerprint density at radius 1 is 1.07 bits per heavy atom. The molecule has 28 heavy (non-hydrogen) atoms. The molecule has 0 unspecified atom stereocenters. The topological polar surface area (TPSA) is 64.4 Å². The molecule has 2 aliphatic rings. The number of hydrogen-bond acceptors (Lipinski definition) is 6. The number of nitrogens with zero attached hydrogens (tertiary/aromatic N) is 2. The van der Waals surface area contributed by atoms with Crippen molar-refractivity contribution in [2.45, 2.75) is 19.4 Å². The number of benzene rings is 1. The van der Waals surface area contributed by atoms with Crippen LogP contribution in [0.4, 0.5) is 0 Å². The molecule has 0 N–H and O–H groups in total. The first kappa shape index (κ1) is 18.7. The Bertz CT molecular complexity index is 805. The summed E-state index contributed by atoms with van der Waals surface area (Å²) in [6.07, 6.45) is 3.32. The largest absolute Gasteiger partial charge is 0.496 e. The van der Waals surface area contributed by atoms with Crippen molar-refractivity contribution >= 4 is 5.91 Å². The van der Waals surface area contributed by atoms with E-state index in [1.807, 2.05) is 17.0 Å². The summed E-state index contributed by atoms with van der Waals surface area (Å²) < 4.78 is 22.4. The van der Waals surface area contributed by atoms with Crippen LogP contribution in [0.1, 0.15) is 29.0 Å². The van der Waals surface area contributed by atoms with Gasteiger partial charge in [-0.1, -0.05) is 0 Å². The van der Waals surface area contributed by atoms with Gasteiger partial charge in [-0.15, -0.1) is 0 Å². The van der Waals surface area contributed by atoms with Gasteiger partial charge in [0.25, 0.3) is 5.91 Å². The Morgan fingerprint density at radius 3 is 2.64 bits per heavy atom. The maximum atomic E-state index is 12.5. The molecule has 150 valence electrons. The fourth-order valence-electron chi connectivity index (χ4n) is 3.67. The molecule has 2 aliphatic heterocycles. The fraction of sp³-hybridized carbons (Fsp3) is 0.476. The van der Waals surface area contributed by atoms with E-state index in [1.165, 1.54) is 6.26 Å². The summed E-state index contributed by atoms with van der Waals surface area (Å²) in [4.78, 5) is 16.7. The fourth-order valence-corrected chi connectivity index (χ4v) is 3.67. The monoisotopic (exact) mass is 386 g/mol. The standard InChI is InChI=1S/C21H26N2O5/c1-25-18-14-20-19(27-11-4-12-28-20)13-16(18)15-22-6-3-7-23(9-8-22)21(24)17-5-2-10-26-17/h2,5,10,13-14H,3-4,6-9,11-12,15H2,1H3. The SMILES string of the molecule is COc1cc2c(cc1CN1CCCN(C(=O)c3ccco3)CC1)OCCCO2. The summed E-state index contributed by atoms with van der Waals surface area (Å²) in [5, 5.41) is 0. The van der Waals surface area contributed by atoms with Crippen molar-refractivity contribution in [2.75, 3.05) is 46.5 Å². The minimum Gasteiger partial charge on any atom is -0.496 e. The van der Waals surface area contributed by atoms with Gasteiger partial charge in [0.05, 0.1) is 26.6 Å². The Kier molecular flexibility index (Phi) is 5.71. The molecule has 3 heterocycles. The van der Waals surface area contributed by atoms with Gasteiger partial charge in [-0.05, 0) is 24.6 Å². The number of furan rings is 1. The molecule has 1 aromatic carbocycles. The zero-order valence-corrected chi connectivity index (χ0v) is 16.2. The first-order valence-electron chi connectivity index (χ1n) is 9.76. The van der Waals surface area contributed by atoms with Crippen molar-refractivity contribution < 1.29 is 23.4 Å². The highest BCUT2D eigenvalue weighted by Crippen LogP contribution is 2.37. The third-order valence-corrected chi connectivity index (χ3v) is 5.15. The normalized spacial score (nSPS) is 17.7.